The fraction of sp³-hybridized carbons (Fsp3) is 0.357. The van der Waals surface area contributed by atoms with E-state index in [9.17, 15) is 4.79 Å². The van der Waals surface area contributed by atoms with Crippen molar-refractivity contribution in [3.8, 4) is 0 Å². The zero-order valence-electron chi connectivity index (χ0n) is 9.32. The fourth-order valence-corrected chi connectivity index (χ4v) is 3.07. The molecule has 0 amide bonds. The van der Waals surface area contributed by atoms with Crippen LogP contribution in [0.2, 0.25) is 0 Å². The van der Waals surface area contributed by atoms with Gasteiger partial charge < -0.3 is 4.74 Å². The van der Waals surface area contributed by atoms with Crippen molar-refractivity contribution in [2.75, 3.05) is 7.11 Å². The van der Waals surface area contributed by atoms with Crippen molar-refractivity contribution in [2.45, 2.75) is 24.7 Å². The highest BCUT2D eigenvalue weighted by Crippen LogP contribution is 2.55. The first kappa shape index (κ1) is 9.64. The molecule has 0 heterocycles. The van der Waals surface area contributed by atoms with Gasteiger partial charge in [0.2, 0.25) is 0 Å². The molecule has 2 aliphatic carbocycles. The van der Waals surface area contributed by atoms with Crippen LogP contribution in [0, 0.1) is 0 Å². The summed E-state index contributed by atoms with van der Waals surface area (Å²) in [6.07, 6.45) is 2.26. The summed E-state index contributed by atoms with van der Waals surface area (Å²) in [4.78, 5) is 11.4. The van der Waals surface area contributed by atoms with Crippen LogP contribution in [0.5, 0.6) is 0 Å². The zero-order chi connectivity index (χ0) is 11.3. The van der Waals surface area contributed by atoms with Gasteiger partial charge in [-0.2, -0.15) is 0 Å². The van der Waals surface area contributed by atoms with Crippen molar-refractivity contribution >= 4 is 5.97 Å². The second-order valence-corrected chi connectivity index (χ2v) is 4.68. The molecule has 82 valence electrons. The zero-order valence-corrected chi connectivity index (χ0v) is 9.32. The summed E-state index contributed by atoms with van der Waals surface area (Å²) in [7, 11) is 1.42. The molecule has 0 N–H and O–H groups in total. The number of hydrogen-bond acceptors (Lipinski definition) is 2. The predicted molar refractivity (Wildman–Crippen MR) is 61.6 cm³/mol. The Morgan fingerprint density at radius 1 is 1.44 bits per heavy atom. The fourth-order valence-electron chi connectivity index (χ4n) is 3.07. The Hall–Kier alpha value is -1.57. The first-order valence-electron chi connectivity index (χ1n) is 5.60. The van der Waals surface area contributed by atoms with E-state index in [1.807, 2.05) is 12.1 Å². The third-order valence-electron chi connectivity index (χ3n) is 3.84. The van der Waals surface area contributed by atoms with Gasteiger partial charge in [0.15, 0.2) is 0 Å². The highest BCUT2D eigenvalue weighted by atomic mass is 16.5. The van der Waals surface area contributed by atoms with E-state index in [2.05, 4.69) is 12.6 Å². The van der Waals surface area contributed by atoms with Crippen molar-refractivity contribution in [3.05, 3.63) is 47.0 Å². The molecule has 2 nitrogen and oxygen atoms in total. The van der Waals surface area contributed by atoms with Gasteiger partial charge in [0.25, 0.3) is 0 Å². The largest absolute Gasteiger partial charge is 0.465 e. The third-order valence-corrected chi connectivity index (χ3v) is 3.84. The Labute approximate surface area is 94.9 Å². The van der Waals surface area contributed by atoms with Gasteiger partial charge in [-0.15, -0.1) is 0 Å². The molecule has 1 saturated carbocycles. The minimum Gasteiger partial charge on any atom is -0.465 e. The van der Waals surface area contributed by atoms with E-state index in [0.29, 0.717) is 17.4 Å². The monoisotopic (exact) mass is 214 g/mol. The lowest BCUT2D eigenvalue weighted by molar-refractivity contribution is 0.0600. The number of rotatable bonds is 1. The standard InChI is InChI=1S/C14H14O2/c1-8-5-10-7-12(8)11-4-3-9(6-13(10)11)14(15)16-2/h3-4,6,10,12H,1,5,7H2,2H3. The van der Waals surface area contributed by atoms with Crippen LogP contribution in [0.1, 0.15) is 46.2 Å². The van der Waals surface area contributed by atoms with E-state index in [1.165, 1.54) is 30.2 Å². The van der Waals surface area contributed by atoms with E-state index < -0.39 is 0 Å². The van der Waals surface area contributed by atoms with Gasteiger partial charge in [-0.05, 0) is 42.0 Å². The summed E-state index contributed by atoms with van der Waals surface area (Å²) in [6, 6.07) is 5.92. The lowest BCUT2D eigenvalue weighted by Crippen LogP contribution is -2.05. The van der Waals surface area contributed by atoms with Gasteiger partial charge >= 0.3 is 5.97 Å². The topological polar surface area (TPSA) is 26.3 Å². The van der Waals surface area contributed by atoms with Crippen LogP contribution in [0.3, 0.4) is 0 Å². The van der Waals surface area contributed by atoms with Crippen LogP contribution in [0.25, 0.3) is 0 Å². The van der Waals surface area contributed by atoms with E-state index >= 15 is 0 Å². The van der Waals surface area contributed by atoms with Crippen LogP contribution in [0.4, 0.5) is 0 Å². The van der Waals surface area contributed by atoms with Gasteiger partial charge in [0.05, 0.1) is 12.7 Å². The maximum Gasteiger partial charge on any atom is 0.337 e. The molecule has 3 rings (SSSR count). The molecule has 1 aromatic rings. The van der Waals surface area contributed by atoms with E-state index in [0.717, 1.165) is 6.42 Å². The number of hydrogen-bond donors (Lipinski definition) is 0. The average Bonchev–Trinajstić information content (AvgIpc) is 2.85. The maximum atomic E-state index is 11.4. The van der Waals surface area contributed by atoms with E-state index in [1.54, 1.807) is 0 Å². The normalized spacial score (nSPS) is 25.7. The summed E-state index contributed by atoms with van der Waals surface area (Å²) in [5.74, 6) is 0.869. The lowest BCUT2D eigenvalue weighted by Gasteiger charge is -2.17. The molecule has 2 atom stereocenters. The summed E-state index contributed by atoms with van der Waals surface area (Å²) in [5.41, 5.74) is 4.72. The molecule has 16 heavy (non-hydrogen) atoms. The molecule has 0 radical (unpaired) electrons. The highest BCUT2D eigenvalue weighted by Gasteiger charge is 2.39. The predicted octanol–water partition coefficient (Wildman–Crippen LogP) is 3.00. The Balaban J connectivity index is 2.06. The quantitative estimate of drug-likeness (QED) is 0.530. The number of ether oxygens (including phenoxy) is 1. The third kappa shape index (κ3) is 1.16. The molecular formula is C14H14O2. The average molecular weight is 214 g/mol. The van der Waals surface area contributed by atoms with Gasteiger partial charge in [-0.1, -0.05) is 18.2 Å². The second-order valence-electron chi connectivity index (χ2n) is 4.68. The minimum atomic E-state index is -0.246. The van der Waals surface area contributed by atoms with Gasteiger partial charge in [0, 0.05) is 5.92 Å². The molecule has 1 aromatic carbocycles. The number of fused-ring (bicyclic) bond motifs is 5. The molecule has 2 heteroatoms. The Morgan fingerprint density at radius 2 is 2.25 bits per heavy atom. The van der Waals surface area contributed by atoms with Crippen molar-refractivity contribution < 1.29 is 9.53 Å². The van der Waals surface area contributed by atoms with Gasteiger partial charge in [-0.3, -0.25) is 0 Å². The molecule has 0 saturated heterocycles. The maximum absolute atomic E-state index is 11.4. The van der Waals surface area contributed by atoms with Crippen molar-refractivity contribution in [1.29, 1.82) is 0 Å². The molecule has 2 unspecified atom stereocenters. The molecular weight excluding hydrogens is 200 g/mol. The van der Waals surface area contributed by atoms with Gasteiger partial charge in [-0.25, -0.2) is 4.79 Å². The van der Waals surface area contributed by atoms with Gasteiger partial charge in [0.1, 0.15) is 0 Å². The molecule has 2 bridgehead atoms. The molecule has 1 fully saturated rings. The number of esters is 1. The lowest BCUT2D eigenvalue weighted by atomic mass is 9.88. The van der Waals surface area contributed by atoms with Crippen LogP contribution in [0.15, 0.2) is 30.4 Å². The van der Waals surface area contributed by atoms with Crippen LogP contribution < -0.4 is 0 Å². The van der Waals surface area contributed by atoms with Crippen molar-refractivity contribution in [3.63, 3.8) is 0 Å². The summed E-state index contributed by atoms with van der Waals surface area (Å²) in [5, 5.41) is 0. The summed E-state index contributed by atoms with van der Waals surface area (Å²) in [6.45, 7) is 4.12. The van der Waals surface area contributed by atoms with E-state index in [-0.39, 0.29) is 5.97 Å². The molecule has 0 aromatic heterocycles. The minimum absolute atomic E-state index is 0.246. The Morgan fingerprint density at radius 3 is 3.00 bits per heavy atom. The first-order chi connectivity index (χ1) is 7.70. The second kappa shape index (κ2) is 3.21. The SMILES string of the molecule is C=C1CC2CC1c1ccc(C(=O)OC)cc12. The van der Waals surface area contributed by atoms with Crippen molar-refractivity contribution in [1.82, 2.24) is 0 Å². The highest BCUT2D eigenvalue weighted by molar-refractivity contribution is 5.89. The number of allylic oxidation sites excluding steroid dienone is 1. The Kier molecular flexibility index (Phi) is 1.93. The van der Waals surface area contributed by atoms with Crippen LogP contribution in [-0.2, 0) is 4.74 Å². The van der Waals surface area contributed by atoms with E-state index in [4.69, 9.17) is 4.74 Å². The molecule has 0 aliphatic heterocycles. The van der Waals surface area contributed by atoms with Crippen molar-refractivity contribution in [2.24, 2.45) is 0 Å². The summed E-state index contributed by atoms with van der Waals surface area (Å²) >= 11 is 0. The first-order valence-corrected chi connectivity index (χ1v) is 5.60. The van der Waals surface area contributed by atoms with Crippen LogP contribution >= 0.6 is 0 Å². The Bertz CT molecular complexity index is 488. The van der Waals surface area contributed by atoms with Crippen LogP contribution in [-0.4, -0.2) is 13.1 Å². The summed E-state index contributed by atoms with van der Waals surface area (Å²) < 4.78 is 4.74. The number of benzene rings is 1. The molecule has 0 spiro atoms. The number of carbonyl (C=O) groups is 1. The number of methoxy groups -OCH3 is 1. The smallest absolute Gasteiger partial charge is 0.337 e. The number of carbonyl (C=O) groups excluding carboxylic acids is 1. The molecule has 2 aliphatic rings.